The van der Waals surface area contributed by atoms with Gasteiger partial charge in [0.1, 0.15) is 4.08 Å². The monoisotopic (exact) mass is 278 g/mol. The molecule has 0 amide bonds. The van der Waals surface area contributed by atoms with Gasteiger partial charge in [0.15, 0.2) is 0 Å². The minimum absolute atomic E-state index is 0.483. The van der Waals surface area contributed by atoms with Crippen LogP contribution < -0.4 is 0 Å². The first-order chi connectivity index (χ1) is 7.02. The second-order valence-electron chi connectivity index (χ2n) is 3.07. The van der Waals surface area contributed by atoms with Gasteiger partial charge in [-0.1, -0.05) is 30.3 Å². The third-order valence-corrected chi connectivity index (χ3v) is 4.64. The van der Waals surface area contributed by atoms with Crippen LogP contribution >= 0.6 is 48.6 Å². The summed E-state index contributed by atoms with van der Waals surface area (Å²) in [4.78, 5) is 10.9. The molecule has 15 heavy (non-hydrogen) atoms. The SMILES string of the molecule is O=C(Cl)C(S)(S)CSCc1ccccc1. The van der Waals surface area contributed by atoms with Gasteiger partial charge < -0.3 is 0 Å². The highest BCUT2D eigenvalue weighted by Gasteiger charge is 2.28. The molecule has 82 valence electrons. The lowest BCUT2D eigenvalue weighted by atomic mass is 10.2. The standard InChI is InChI=1S/C10H11ClOS3/c11-9(12)10(13,14)7-15-6-8-4-2-1-3-5-8/h1-5,13-14H,6-7H2. The molecule has 0 aromatic heterocycles. The molecule has 0 N–H and O–H groups in total. The summed E-state index contributed by atoms with van der Waals surface area (Å²) in [6.45, 7) is 0. The number of thioether (sulfide) groups is 1. The van der Waals surface area contributed by atoms with Crippen LogP contribution in [0.5, 0.6) is 0 Å². The first-order valence-corrected chi connectivity index (χ1v) is 6.71. The second kappa shape index (κ2) is 6.09. The molecule has 1 aromatic rings. The summed E-state index contributed by atoms with van der Waals surface area (Å²) in [6, 6.07) is 10.0. The minimum atomic E-state index is -1.04. The first-order valence-electron chi connectivity index (χ1n) is 4.29. The molecule has 1 nitrogen and oxygen atoms in total. The third kappa shape index (κ3) is 4.72. The van der Waals surface area contributed by atoms with Crippen LogP contribution in [0.1, 0.15) is 5.56 Å². The zero-order valence-electron chi connectivity index (χ0n) is 7.89. The van der Waals surface area contributed by atoms with Crippen LogP contribution in [0.3, 0.4) is 0 Å². The van der Waals surface area contributed by atoms with Crippen molar-refractivity contribution in [3.05, 3.63) is 35.9 Å². The molecule has 0 aliphatic carbocycles. The number of hydrogen-bond acceptors (Lipinski definition) is 4. The van der Waals surface area contributed by atoms with Gasteiger partial charge in [-0.25, -0.2) is 0 Å². The van der Waals surface area contributed by atoms with Crippen LogP contribution in [0.4, 0.5) is 0 Å². The van der Waals surface area contributed by atoms with E-state index >= 15 is 0 Å². The fraction of sp³-hybridized carbons (Fsp3) is 0.300. The van der Waals surface area contributed by atoms with Crippen LogP contribution in [0, 0.1) is 0 Å². The Kier molecular flexibility index (Phi) is 5.39. The summed E-state index contributed by atoms with van der Waals surface area (Å²) in [5, 5.41) is -0.533. The van der Waals surface area contributed by atoms with Crippen LogP contribution in [0.25, 0.3) is 0 Å². The van der Waals surface area contributed by atoms with Crippen molar-refractivity contribution in [2.24, 2.45) is 0 Å². The molecule has 0 saturated heterocycles. The highest BCUT2D eigenvalue weighted by atomic mass is 35.5. The summed E-state index contributed by atoms with van der Waals surface area (Å²) >= 11 is 15.1. The van der Waals surface area contributed by atoms with Gasteiger partial charge in [0.2, 0.25) is 5.24 Å². The molecular weight excluding hydrogens is 268 g/mol. The molecule has 0 spiro atoms. The maximum absolute atomic E-state index is 10.9. The van der Waals surface area contributed by atoms with Crippen LogP contribution in [-0.4, -0.2) is 15.1 Å². The molecule has 0 aliphatic heterocycles. The topological polar surface area (TPSA) is 17.1 Å². The Labute approximate surface area is 110 Å². The van der Waals surface area contributed by atoms with Gasteiger partial charge in [-0.2, -0.15) is 37.0 Å². The molecule has 1 rings (SSSR count). The lowest BCUT2D eigenvalue weighted by Gasteiger charge is -2.16. The molecule has 5 heteroatoms. The maximum atomic E-state index is 10.9. The number of carbonyl (C=O) groups excluding carboxylic acids is 1. The van der Waals surface area contributed by atoms with Crippen molar-refractivity contribution >= 4 is 53.9 Å². The molecule has 0 fully saturated rings. The smallest absolute Gasteiger partial charge is 0.248 e. The maximum Gasteiger partial charge on any atom is 0.248 e. The summed E-state index contributed by atoms with van der Waals surface area (Å²) < 4.78 is -1.04. The van der Waals surface area contributed by atoms with E-state index in [4.69, 9.17) is 11.6 Å². The molecule has 1 aromatic carbocycles. The van der Waals surface area contributed by atoms with Crippen molar-refractivity contribution in [2.45, 2.75) is 9.83 Å². The van der Waals surface area contributed by atoms with Crippen LogP contribution in [-0.2, 0) is 10.5 Å². The molecule has 0 atom stereocenters. The van der Waals surface area contributed by atoms with Crippen molar-refractivity contribution < 1.29 is 4.79 Å². The first kappa shape index (κ1) is 13.3. The quantitative estimate of drug-likeness (QED) is 0.489. The number of benzene rings is 1. The molecule has 0 unspecified atom stereocenters. The Morgan fingerprint density at radius 1 is 1.33 bits per heavy atom. The number of hydrogen-bond donors (Lipinski definition) is 2. The second-order valence-corrected chi connectivity index (χ2v) is 6.28. The summed E-state index contributed by atoms with van der Waals surface area (Å²) in [5.74, 6) is 1.31. The van der Waals surface area contributed by atoms with Gasteiger partial charge in [-0.15, -0.1) is 0 Å². The Bertz CT molecular complexity index is 327. The Balaban J connectivity index is 2.37. The van der Waals surface area contributed by atoms with Gasteiger partial charge in [-0.3, -0.25) is 4.79 Å². The van der Waals surface area contributed by atoms with Crippen LogP contribution in [0.2, 0.25) is 0 Å². The van der Waals surface area contributed by atoms with E-state index in [2.05, 4.69) is 25.3 Å². The molecule has 0 bridgehead atoms. The van der Waals surface area contributed by atoms with Crippen molar-refractivity contribution in [1.82, 2.24) is 0 Å². The van der Waals surface area contributed by atoms with E-state index in [-0.39, 0.29) is 0 Å². The summed E-state index contributed by atoms with van der Waals surface area (Å²) in [7, 11) is 0. The lowest BCUT2D eigenvalue weighted by molar-refractivity contribution is -0.111. The van der Waals surface area contributed by atoms with Gasteiger partial charge in [-0.05, 0) is 17.2 Å². The Morgan fingerprint density at radius 3 is 2.47 bits per heavy atom. The molecule has 0 aliphatic rings. The van der Waals surface area contributed by atoms with Crippen molar-refractivity contribution in [1.29, 1.82) is 0 Å². The lowest BCUT2D eigenvalue weighted by Crippen LogP contribution is -2.24. The van der Waals surface area contributed by atoms with Crippen LogP contribution in [0.15, 0.2) is 30.3 Å². The number of carbonyl (C=O) groups is 1. The van der Waals surface area contributed by atoms with E-state index in [1.54, 1.807) is 11.8 Å². The molecule has 0 radical (unpaired) electrons. The predicted molar refractivity (Wildman–Crippen MR) is 74.2 cm³/mol. The Hall–Kier alpha value is 0.230. The van der Waals surface area contributed by atoms with E-state index in [0.717, 1.165) is 5.75 Å². The van der Waals surface area contributed by atoms with E-state index in [1.165, 1.54) is 5.56 Å². The van der Waals surface area contributed by atoms with Gasteiger partial charge in [0.25, 0.3) is 0 Å². The normalized spacial score (nSPS) is 11.4. The zero-order chi connectivity index (χ0) is 11.3. The highest BCUT2D eigenvalue weighted by Crippen LogP contribution is 2.29. The zero-order valence-corrected chi connectivity index (χ0v) is 11.3. The summed E-state index contributed by atoms with van der Waals surface area (Å²) in [5.41, 5.74) is 1.21. The molecule has 0 heterocycles. The largest absolute Gasteiger partial charge is 0.279 e. The van der Waals surface area contributed by atoms with E-state index in [1.807, 2.05) is 30.3 Å². The number of halogens is 1. The van der Waals surface area contributed by atoms with Gasteiger partial charge in [0, 0.05) is 11.5 Å². The molecule has 0 saturated carbocycles. The van der Waals surface area contributed by atoms with Crippen molar-refractivity contribution in [3.8, 4) is 0 Å². The van der Waals surface area contributed by atoms with E-state index in [0.29, 0.717) is 5.75 Å². The predicted octanol–water partition coefficient (Wildman–Crippen LogP) is 3.24. The van der Waals surface area contributed by atoms with Gasteiger partial charge >= 0.3 is 0 Å². The Morgan fingerprint density at radius 2 is 1.93 bits per heavy atom. The van der Waals surface area contributed by atoms with Crippen molar-refractivity contribution in [3.63, 3.8) is 0 Å². The van der Waals surface area contributed by atoms with E-state index in [9.17, 15) is 4.79 Å². The average Bonchev–Trinajstić information content (AvgIpc) is 2.19. The fourth-order valence-corrected chi connectivity index (χ4v) is 2.58. The highest BCUT2D eigenvalue weighted by molar-refractivity contribution is 8.06. The van der Waals surface area contributed by atoms with E-state index < -0.39 is 9.32 Å². The van der Waals surface area contributed by atoms with Gasteiger partial charge in [0.05, 0.1) is 0 Å². The average molecular weight is 279 g/mol. The fourth-order valence-electron chi connectivity index (χ4n) is 0.942. The summed E-state index contributed by atoms with van der Waals surface area (Å²) in [6.07, 6.45) is 0. The number of thiol groups is 2. The third-order valence-electron chi connectivity index (χ3n) is 1.73. The minimum Gasteiger partial charge on any atom is -0.279 e. The number of rotatable bonds is 5. The molecular formula is C10H11ClOS3. The van der Waals surface area contributed by atoms with Crippen molar-refractivity contribution in [2.75, 3.05) is 5.75 Å².